The number of furan rings is 1. The van der Waals surface area contributed by atoms with Crippen molar-refractivity contribution in [1.82, 2.24) is 16.2 Å². The number of benzene rings is 2. The van der Waals surface area contributed by atoms with Crippen molar-refractivity contribution in [3.8, 4) is 0 Å². The topological polar surface area (TPSA) is 100 Å². The quantitative estimate of drug-likeness (QED) is 0.445. The van der Waals surface area contributed by atoms with Crippen LogP contribution in [0, 0.1) is 0 Å². The van der Waals surface area contributed by atoms with E-state index in [-0.39, 0.29) is 16.3 Å². The van der Waals surface area contributed by atoms with Crippen molar-refractivity contribution in [3.05, 3.63) is 101 Å². The molecule has 0 aliphatic rings. The molecule has 0 bridgehead atoms. The molecule has 146 valence electrons. The molecule has 3 rings (SSSR count). The van der Waals surface area contributed by atoms with Crippen LogP contribution in [0.4, 0.5) is 0 Å². The van der Waals surface area contributed by atoms with Gasteiger partial charge in [0.15, 0.2) is 0 Å². The second kappa shape index (κ2) is 9.38. The smallest absolute Gasteiger partial charge is 0.286 e. The van der Waals surface area contributed by atoms with Gasteiger partial charge in [0, 0.05) is 11.6 Å². The molecule has 0 saturated carbocycles. The zero-order valence-electron chi connectivity index (χ0n) is 15.0. The molecule has 8 heteroatoms. The Kier molecular flexibility index (Phi) is 6.44. The molecule has 0 spiro atoms. The molecule has 3 aromatic rings. The summed E-state index contributed by atoms with van der Waals surface area (Å²) in [5.74, 6) is -1.49. The van der Waals surface area contributed by atoms with Gasteiger partial charge in [-0.3, -0.25) is 25.2 Å². The number of amides is 3. The van der Waals surface area contributed by atoms with E-state index in [0.717, 1.165) is 0 Å². The van der Waals surface area contributed by atoms with Crippen LogP contribution in [-0.4, -0.2) is 17.7 Å². The van der Waals surface area contributed by atoms with Gasteiger partial charge < -0.3 is 9.73 Å². The van der Waals surface area contributed by atoms with E-state index in [2.05, 4.69) is 16.2 Å². The maximum atomic E-state index is 12.6. The minimum atomic E-state index is -0.744. The van der Waals surface area contributed by atoms with Crippen LogP contribution in [-0.2, 0) is 4.79 Å². The van der Waals surface area contributed by atoms with E-state index < -0.39 is 17.7 Å². The average Bonchev–Trinajstić information content (AvgIpc) is 3.25. The lowest BCUT2D eigenvalue weighted by molar-refractivity contribution is -0.118. The molecule has 0 atom stereocenters. The van der Waals surface area contributed by atoms with Gasteiger partial charge in [0.25, 0.3) is 17.7 Å². The minimum absolute atomic E-state index is 0.117. The number of carbonyl (C=O) groups excluding carboxylic acids is 3. The van der Waals surface area contributed by atoms with Crippen molar-refractivity contribution < 1.29 is 18.8 Å². The third-order valence-electron chi connectivity index (χ3n) is 3.77. The van der Waals surface area contributed by atoms with Crippen LogP contribution in [0.25, 0.3) is 6.08 Å². The Hall–Kier alpha value is -3.84. The Morgan fingerprint density at radius 3 is 2.24 bits per heavy atom. The molecule has 0 saturated heterocycles. The van der Waals surface area contributed by atoms with Crippen LogP contribution in [0.5, 0.6) is 0 Å². The fourth-order valence-electron chi connectivity index (χ4n) is 2.35. The second-order valence-corrected chi connectivity index (χ2v) is 6.19. The van der Waals surface area contributed by atoms with Gasteiger partial charge in [-0.05, 0) is 36.4 Å². The van der Waals surface area contributed by atoms with Crippen molar-refractivity contribution in [2.75, 3.05) is 0 Å². The van der Waals surface area contributed by atoms with Crippen molar-refractivity contribution in [2.45, 2.75) is 0 Å². The zero-order chi connectivity index (χ0) is 20.6. The largest absolute Gasteiger partial charge is 0.465 e. The van der Waals surface area contributed by atoms with Crippen LogP contribution in [0.3, 0.4) is 0 Å². The van der Waals surface area contributed by atoms with Gasteiger partial charge >= 0.3 is 0 Å². The number of carbonyl (C=O) groups is 3. The highest BCUT2D eigenvalue weighted by molar-refractivity contribution is 6.33. The first kappa shape index (κ1) is 19.9. The van der Waals surface area contributed by atoms with Crippen molar-refractivity contribution in [3.63, 3.8) is 0 Å². The fraction of sp³-hybridized carbons (Fsp3) is 0. The maximum absolute atomic E-state index is 12.6. The summed E-state index contributed by atoms with van der Waals surface area (Å²) in [6, 6.07) is 18.0. The van der Waals surface area contributed by atoms with E-state index in [1.54, 1.807) is 60.7 Å². The summed E-state index contributed by atoms with van der Waals surface area (Å²) in [6.45, 7) is 0. The number of hydrogen-bond acceptors (Lipinski definition) is 4. The van der Waals surface area contributed by atoms with Crippen LogP contribution < -0.4 is 16.2 Å². The second-order valence-electron chi connectivity index (χ2n) is 5.78. The number of hydrazine groups is 1. The van der Waals surface area contributed by atoms with E-state index in [4.69, 9.17) is 16.0 Å². The molecule has 0 unspecified atom stereocenters. The predicted molar refractivity (Wildman–Crippen MR) is 108 cm³/mol. The predicted octanol–water partition coefficient (Wildman–Crippen LogP) is 3.17. The third-order valence-corrected chi connectivity index (χ3v) is 4.10. The molecule has 29 heavy (non-hydrogen) atoms. The Bertz CT molecular complexity index is 1050. The lowest BCUT2D eigenvalue weighted by atomic mass is 10.2. The number of hydrogen-bond donors (Lipinski definition) is 3. The van der Waals surface area contributed by atoms with Gasteiger partial charge in [-0.15, -0.1) is 0 Å². The van der Waals surface area contributed by atoms with E-state index >= 15 is 0 Å². The minimum Gasteiger partial charge on any atom is -0.465 e. The molecule has 3 amide bonds. The standard InChI is InChI=1S/C21H16ClN3O4/c22-17-11-5-4-10-16(17)20(27)24-25-21(28)18(13-15-9-6-12-29-15)23-19(26)14-7-2-1-3-8-14/h1-13H,(H,23,26)(H,24,27)(H,25,28). The van der Waals surface area contributed by atoms with Crippen molar-refractivity contribution in [1.29, 1.82) is 0 Å². The zero-order valence-corrected chi connectivity index (χ0v) is 15.8. The Labute approximate surface area is 171 Å². The van der Waals surface area contributed by atoms with Crippen molar-refractivity contribution >= 4 is 35.4 Å². The maximum Gasteiger partial charge on any atom is 0.286 e. The molecule has 0 radical (unpaired) electrons. The van der Waals surface area contributed by atoms with E-state index in [9.17, 15) is 14.4 Å². The van der Waals surface area contributed by atoms with Crippen LogP contribution in [0.15, 0.2) is 83.1 Å². The molecule has 0 aliphatic carbocycles. The summed E-state index contributed by atoms with van der Waals surface area (Å²) < 4.78 is 5.20. The summed E-state index contributed by atoms with van der Waals surface area (Å²) in [5, 5.41) is 2.76. The SMILES string of the molecule is O=C(NNC(=O)c1ccccc1Cl)C(=Cc1ccco1)NC(=O)c1ccccc1. The normalized spacial score (nSPS) is 10.9. The summed E-state index contributed by atoms with van der Waals surface area (Å²) in [6.07, 6.45) is 2.78. The molecule has 3 N–H and O–H groups in total. The van der Waals surface area contributed by atoms with Crippen LogP contribution in [0.2, 0.25) is 5.02 Å². The lowest BCUT2D eigenvalue weighted by Gasteiger charge is -2.12. The first-order chi connectivity index (χ1) is 14.0. The Morgan fingerprint density at radius 1 is 0.828 bits per heavy atom. The Balaban J connectivity index is 1.73. The first-order valence-electron chi connectivity index (χ1n) is 8.51. The van der Waals surface area contributed by atoms with Crippen LogP contribution in [0.1, 0.15) is 26.5 Å². The third kappa shape index (κ3) is 5.33. The highest BCUT2D eigenvalue weighted by atomic mass is 35.5. The Morgan fingerprint density at radius 2 is 1.55 bits per heavy atom. The highest BCUT2D eigenvalue weighted by Crippen LogP contribution is 2.14. The van der Waals surface area contributed by atoms with Crippen molar-refractivity contribution in [2.24, 2.45) is 0 Å². The fourth-order valence-corrected chi connectivity index (χ4v) is 2.57. The van der Waals surface area contributed by atoms with Gasteiger partial charge in [-0.25, -0.2) is 0 Å². The summed E-state index contributed by atoms with van der Waals surface area (Å²) in [4.78, 5) is 37.2. The molecule has 2 aromatic carbocycles. The molecule has 1 aromatic heterocycles. The van der Waals surface area contributed by atoms with Gasteiger partial charge in [-0.1, -0.05) is 41.9 Å². The summed E-state index contributed by atoms with van der Waals surface area (Å²) >= 11 is 5.97. The van der Waals surface area contributed by atoms with Crippen LogP contribution >= 0.6 is 11.6 Å². The van der Waals surface area contributed by atoms with Gasteiger partial charge in [0.1, 0.15) is 11.5 Å². The summed E-state index contributed by atoms with van der Waals surface area (Å²) in [7, 11) is 0. The van der Waals surface area contributed by atoms with E-state index in [1.807, 2.05) is 0 Å². The summed E-state index contributed by atoms with van der Waals surface area (Å²) in [5.41, 5.74) is 4.97. The molecule has 7 nitrogen and oxygen atoms in total. The van der Waals surface area contributed by atoms with Gasteiger partial charge in [0.2, 0.25) is 0 Å². The number of rotatable bonds is 5. The first-order valence-corrected chi connectivity index (χ1v) is 8.89. The van der Waals surface area contributed by atoms with E-state index in [0.29, 0.717) is 11.3 Å². The molecule has 1 heterocycles. The number of nitrogens with one attached hydrogen (secondary N) is 3. The van der Waals surface area contributed by atoms with E-state index in [1.165, 1.54) is 18.4 Å². The number of halogens is 1. The average molecular weight is 410 g/mol. The highest BCUT2D eigenvalue weighted by Gasteiger charge is 2.17. The molecular formula is C21H16ClN3O4. The molecule has 0 fully saturated rings. The van der Waals surface area contributed by atoms with Gasteiger partial charge in [0.05, 0.1) is 16.8 Å². The van der Waals surface area contributed by atoms with Gasteiger partial charge in [-0.2, -0.15) is 0 Å². The lowest BCUT2D eigenvalue weighted by Crippen LogP contribution is -2.45. The molecule has 0 aliphatic heterocycles. The molecular weight excluding hydrogens is 394 g/mol. The monoisotopic (exact) mass is 409 g/mol.